The summed E-state index contributed by atoms with van der Waals surface area (Å²) < 4.78 is 10.9. The van der Waals surface area contributed by atoms with E-state index >= 15 is 0 Å². The highest BCUT2D eigenvalue weighted by atomic mass is 35.5. The molecule has 9 nitrogen and oxygen atoms in total. The maximum absolute atomic E-state index is 11.9. The van der Waals surface area contributed by atoms with Crippen molar-refractivity contribution >= 4 is 23.6 Å². The van der Waals surface area contributed by atoms with Crippen molar-refractivity contribution < 1.29 is 29.3 Å². The van der Waals surface area contributed by atoms with Gasteiger partial charge in [0.2, 0.25) is 0 Å². The Morgan fingerprint density at radius 3 is 2.25 bits per heavy atom. The first kappa shape index (κ1) is 25.3. The monoisotopic (exact) mass is 465 g/mol. The molecule has 0 saturated heterocycles. The second-order valence-electron chi connectivity index (χ2n) is 6.89. The number of carbonyl (C=O) groups excluding carboxylic acids is 1. The number of hydrogen-bond donors (Lipinski definition) is 5. The van der Waals surface area contributed by atoms with Gasteiger partial charge in [-0.25, -0.2) is 4.79 Å². The van der Waals surface area contributed by atoms with Gasteiger partial charge in [0, 0.05) is 31.2 Å². The lowest BCUT2D eigenvalue weighted by Gasteiger charge is -2.13. The number of rotatable bonds is 14. The van der Waals surface area contributed by atoms with Gasteiger partial charge in [0.25, 0.3) is 5.91 Å². The molecule has 174 valence electrons. The van der Waals surface area contributed by atoms with Crippen molar-refractivity contribution in [1.82, 2.24) is 16.0 Å². The Morgan fingerprint density at radius 1 is 0.906 bits per heavy atom. The molecule has 10 heteroatoms. The minimum absolute atomic E-state index is 0.0678. The lowest BCUT2D eigenvalue weighted by Crippen LogP contribution is -2.36. The van der Waals surface area contributed by atoms with Crippen LogP contribution in [0.15, 0.2) is 48.5 Å². The molecule has 1 atom stereocenters. The van der Waals surface area contributed by atoms with Crippen LogP contribution < -0.4 is 25.4 Å². The Bertz CT molecular complexity index is 833. The molecule has 0 spiro atoms. The number of carboxylic acid groups (broad SMARTS) is 1. The zero-order chi connectivity index (χ0) is 23.2. The smallest absolute Gasteiger partial charge is 0.404 e. The molecule has 0 aliphatic carbocycles. The summed E-state index contributed by atoms with van der Waals surface area (Å²) in [4.78, 5) is 22.2. The van der Waals surface area contributed by atoms with Crippen LogP contribution in [0.2, 0.25) is 5.02 Å². The summed E-state index contributed by atoms with van der Waals surface area (Å²) in [6, 6.07) is 14.2. The van der Waals surface area contributed by atoms with E-state index in [1.54, 1.807) is 36.4 Å². The number of aliphatic hydroxyl groups excluding tert-OH is 1. The van der Waals surface area contributed by atoms with Crippen LogP contribution in [0.1, 0.15) is 5.56 Å². The topological polar surface area (TPSA) is 129 Å². The van der Waals surface area contributed by atoms with E-state index in [1.807, 2.05) is 12.1 Å². The predicted molar refractivity (Wildman–Crippen MR) is 121 cm³/mol. The van der Waals surface area contributed by atoms with Crippen molar-refractivity contribution in [2.24, 2.45) is 0 Å². The number of halogens is 1. The van der Waals surface area contributed by atoms with Gasteiger partial charge in [-0.05, 0) is 48.4 Å². The largest absolute Gasteiger partial charge is 0.491 e. The van der Waals surface area contributed by atoms with E-state index in [9.17, 15) is 14.7 Å². The number of ether oxygens (including phenoxy) is 2. The lowest BCUT2D eigenvalue weighted by atomic mass is 10.1. The van der Waals surface area contributed by atoms with E-state index in [4.69, 9.17) is 26.2 Å². The van der Waals surface area contributed by atoms with Crippen molar-refractivity contribution in [2.45, 2.75) is 12.5 Å². The van der Waals surface area contributed by atoms with Crippen LogP contribution in [-0.2, 0) is 11.2 Å². The van der Waals surface area contributed by atoms with Gasteiger partial charge in [-0.1, -0.05) is 23.7 Å². The van der Waals surface area contributed by atoms with Gasteiger partial charge in [0.1, 0.15) is 24.2 Å². The molecule has 0 fully saturated rings. The molecule has 2 rings (SSSR count). The highest BCUT2D eigenvalue weighted by Gasteiger charge is 2.06. The van der Waals surface area contributed by atoms with Gasteiger partial charge in [-0.15, -0.1) is 0 Å². The van der Waals surface area contributed by atoms with Gasteiger partial charge in [-0.3, -0.25) is 4.79 Å². The van der Waals surface area contributed by atoms with Gasteiger partial charge in [0.05, 0.1) is 0 Å². The first-order chi connectivity index (χ1) is 15.4. The third-order valence-electron chi connectivity index (χ3n) is 4.24. The SMILES string of the molecule is O=C(O)NCCNCC(O)COc1ccc(CCNC(=O)COc2ccc(Cl)cc2)cc1. The minimum atomic E-state index is -1.08. The number of benzene rings is 2. The Morgan fingerprint density at radius 2 is 1.56 bits per heavy atom. The van der Waals surface area contributed by atoms with E-state index in [2.05, 4.69) is 16.0 Å². The fourth-order valence-corrected chi connectivity index (χ4v) is 2.73. The third-order valence-corrected chi connectivity index (χ3v) is 4.50. The standard InChI is InChI=1S/C22H28ClN3O6/c23-17-3-7-20(8-4-17)32-15-21(28)25-10-9-16-1-5-19(6-2-16)31-14-18(27)13-24-11-12-26-22(29)30/h1-8,18,24,26-27H,9-15H2,(H,25,28)(H,29,30). The third kappa shape index (κ3) is 10.9. The molecule has 0 bridgehead atoms. The quantitative estimate of drug-likeness (QED) is 0.268. The van der Waals surface area contributed by atoms with Gasteiger partial charge in [-0.2, -0.15) is 0 Å². The predicted octanol–water partition coefficient (Wildman–Crippen LogP) is 1.67. The van der Waals surface area contributed by atoms with Gasteiger partial charge >= 0.3 is 6.09 Å². The van der Waals surface area contributed by atoms with Crippen molar-refractivity contribution in [3.8, 4) is 11.5 Å². The molecule has 0 saturated carbocycles. The number of hydrogen-bond acceptors (Lipinski definition) is 6. The summed E-state index contributed by atoms with van der Waals surface area (Å²) in [5.74, 6) is 0.998. The number of nitrogens with one attached hydrogen (secondary N) is 3. The molecule has 0 aromatic heterocycles. The van der Waals surface area contributed by atoms with Crippen LogP contribution in [0.25, 0.3) is 0 Å². The van der Waals surface area contributed by atoms with E-state index in [-0.39, 0.29) is 25.7 Å². The Labute approximate surface area is 191 Å². The maximum atomic E-state index is 11.9. The molecule has 1 unspecified atom stereocenters. The van der Waals surface area contributed by atoms with Crippen molar-refractivity contribution in [2.75, 3.05) is 39.4 Å². The van der Waals surface area contributed by atoms with Crippen LogP contribution in [-0.4, -0.2) is 67.7 Å². The van der Waals surface area contributed by atoms with E-state index < -0.39 is 12.2 Å². The Hall–Kier alpha value is -3.01. The second kappa shape index (κ2) is 14.1. The summed E-state index contributed by atoms with van der Waals surface area (Å²) in [5, 5.41) is 26.9. The average molecular weight is 466 g/mol. The first-order valence-electron chi connectivity index (χ1n) is 10.1. The van der Waals surface area contributed by atoms with Crippen LogP contribution >= 0.6 is 11.6 Å². The second-order valence-corrected chi connectivity index (χ2v) is 7.32. The summed E-state index contributed by atoms with van der Waals surface area (Å²) in [5.41, 5.74) is 1.03. The lowest BCUT2D eigenvalue weighted by molar-refractivity contribution is -0.123. The Kier molecular flexibility index (Phi) is 11.1. The highest BCUT2D eigenvalue weighted by Crippen LogP contribution is 2.15. The summed E-state index contributed by atoms with van der Waals surface area (Å²) in [6.07, 6.45) is -1.14. The van der Waals surface area contributed by atoms with Crippen LogP contribution in [0, 0.1) is 0 Å². The van der Waals surface area contributed by atoms with Crippen molar-refractivity contribution in [1.29, 1.82) is 0 Å². The van der Waals surface area contributed by atoms with Gasteiger partial charge in [0.15, 0.2) is 6.61 Å². The highest BCUT2D eigenvalue weighted by molar-refractivity contribution is 6.30. The zero-order valence-electron chi connectivity index (χ0n) is 17.6. The van der Waals surface area contributed by atoms with Crippen molar-refractivity contribution in [3.05, 3.63) is 59.1 Å². The summed E-state index contributed by atoms with van der Waals surface area (Å²) in [6.45, 7) is 1.50. The average Bonchev–Trinajstić information content (AvgIpc) is 2.78. The molecule has 2 amide bonds. The molecule has 0 aliphatic rings. The normalized spacial score (nSPS) is 11.4. The van der Waals surface area contributed by atoms with Crippen LogP contribution in [0.4, 0.5) is 4.79 Å². The van der Waals surface area contributed by atoms with E-state index in [0.717, 1.165) is 5.56 Å². The first-order valence-corrected chi connectivity index (χ1v) is 10.5. The minimum Gasteiger partial charge on any atom is -0.491 e. The molecule has 0 radical (unpaired) electrons. The van der Waals surface area contributed by atoms with Gasteiger partial charge < -0.3 is 35.6 Å². The van der Waals surface area contributed by atoms with Crippen LogP contribution in [0.3, 0.4) is 0 Å². The number of carbonyl (C=O) groups is 2. The zero-order valence-corrected chi connectivity index (χ0v) is 18.3. The molecule has 5 N–H and O–H groups in total. The fraction of sp³-hybridized carbons (Fsp3) is 0.364. The molecule has 2 aromatic carbocycles. The fourth-order valence-electron chi connectivity index (χ4n) is 2.61. The molecular weight excluding hydrogens is 438 g/mol. The van der Waals surface area contributed by atoms with E-state index in [0.29, 0.717) is 42.6 Å². The number of aliphatic hydroxyl groups is 1. The van der Waals surface area contributed by atoms with E-state index in [1.165, 1.54) is 0 Å². The summed E-state index contributed by atoms with van der Waals surface area (Å²) in [7, 11) is 0. The number of amides is 2. The Balaban J connectivity index is 1.57. The van der Waals surface area contributed by atoms with Crippen molar-refractivity contribution in [3.63, 3.8) is 0 Å². The maximum Gasteiger partial charge on any atom is 0.404 e. The molecule has 2 aromatic rings. The molecular formula is C22H28ClN3O6. The molecule has 32 heavy (non-hydrogen) atoms. The molecule has 0 aliphatic heterocycles. The molecule has 0 heterocycles. The summed E-state index contributed by atoms with van der Waals surface area (Å²) >= 11 is 5.80. The van der Waals surface area contributed by atoms with Crippen LogP contribution in [0.5, 0.6) is 11.5 Å².